The van der Waals surface area contributed by atoms with Gasteiger partial charge in [0.05, 0.1) is 14.9 Å². The van der Waals surface area contributed by atoms with E-state index in [1.54, 1.807) is 4.68 Å². The molecule has 2 rings (SSSR count). The highest BCUT2D eigenvalue weighted by atomic mass is 79.9. The normalized spacial score (nSPS) is 10.8. The van der Waals surface area contributed by atoms with Gasteiger partial charge in [0.25, 0.3) is 0 Å². The SMILES string of the molecule is CCCn1nncc1C(=O)c1cc(C)c(Br)s1. The zero-order valence-corrected chi connectivity index (χ0v) is 12.0. The second-order valence-corrected chi connectivity index (χ2v) is 6.11. The summed E-state index contributed by atoms with van der Waals surface area (Å²) in [5.74, 6) is -0.0118. The Morgan fingerprint density at radius 3 is 2.94 bits per heavy atom. The van der Waals surface area contributed by atoms with Crippen LogP contribution in [0, 0.1) is 6.92 Å². The van der Waals surface area contributed by atoms with Gasteiger partial charge in [-0.05, 0) is 40.9 Å². The van der Waals surface area contributed by atoms with Gasteiger partial charge in [-0.2, -0.15) is 0 Å². The molecule has 0 aromatic carbocycles. The molecule has 0 fully saturated rings. The molecule has 2 heterocycles. The molecule has 0 aliphatic carbocycles. The monoisotopic (exact) mass is 313 g/mol. The lowest BCUT2D eigenvalue weighted by molar-refractivity contribution is 0.103. The van der Waals surface area contributed by atoms with Crippen molar-refractivity contribution in [2.45, 2.75) is 26.8 Å². The molecule has 0 aliphatic heterocycles. The first kappa shape index (κ1) is 12.4. The number of thiophene rings is 1. The van der Waals surface area contributed by atoms with Crippen molar-refractivity contribution in [3.05, 3.63) is 32.2 Å². The molecule has 17 heavy (non-hydrogen) atoms. The van der Waals surface area contributed by atoms with Gasteiger partial charge < -0.3 is 0 Å². The largest absolute Gasteiger partial charge is 0.286 e. The summed E-state index contributed by atoms with van der Waals surface area (Å²) in [6.45, 7) is 4.73. The van der Waals surface area contributed by atoms with E-state index in [0.29, 0.717) is 17.1 Å². The van der Waals surface area contributed by atoms with E-state index in [2.05, 4.69) is 26.2 Å². The molecule has 6 heteroatoms. The van der Waals surface area contributed by atoms with Crippen LogP contribution in [0.2, 0.25) is 0 Å². The number of aromatic nitrogens is 3. The molecular formula is C11H12BrN3OS. The lowest BCUT2D eigenvalue weighted by Gasteiger charge is -2.01. The van der Waals surface area contributed by atoms with Crippen molar-refractivity contribution in [3.8, 4) is 0 Å². The quantitative estimate of drug-likeness (QED) is 0.815. The van der Waals surface area contributed by atoms with Gasteiger partial charge in [0.2, 0.25) is 5.78 Å². The van der Waals surface area contributed by atoms with E-state index in [-0.39, 0.29) is 5.78 Å². The van der Waals surface area contributed by atoms with Gasteiger partial charge in [0, 0.05) is 6.54 Å². The van der Waals surface area contributed by atoms with Crippen molar-refractivity contribution >= 4 is 33.0 Å². The molecule has 0 amide bonds. The summed E-state index contributed by atoms with van der Waals surface area (Å²) in [6, 6.07) is 1.89. The van der Waals surface area contributed by atoms with E-state index in [1.165, 1.54) is 17.5 Å². The highest BCUT2D eigenvalue weighted by Gasteiger charge is 2.18. The Bertz CT molecular complexity index is 527. The maximum atomic E-state index is 12.3. The summed E-state index contributed by atoms with van der Waals surface area (Å²) in [5.41, 5.74) is 1.63. The second-order valence-electron chi connectivity index (χ2n) is 3.74. The van der Waals surface area contributed by atoms with Gasteiger partial charge in [0.1, 0.15) is 5.69 Å². The average Bonchev–Trinajstić information content (AvgIpc) is 2.87. The van der Waals surface area contributed by atoms with Crippen LogP contribution in [0.3, 0.4) is 0 Å². The fourth-order valence-corrected chi connectivity index (χ4v) is 2.99. The number of nitrogens with zero attached hydrogens (tertiary/aromatic N) is 3. The number of carbonyl (C=O) groups is 1. The summed E-state index contributed by atoms with van der Waals surface area (Å²) in [4.78, 5) is 13.0. The van der Waals surface area contributed by atoms with Crippen molar-refractivity contribution in [2.24, 2.45) is 0 Å². The van der Waals surface area contributed by atoms with Crippen LogP contribution in [0.5, 0.6) is 0 Å². The number of carbonyl (C=O) groups excluding carboxylic acids is 1. The summed E-state index contributed by atoms with van der Waals surface area (Å²) < 4.78 is 2.65. The number of ketones is 1. The van der Waals surface area contributed by atoms with Crippen LogP contribution in [0.15, 0.2) is 16.0 Å². The van der Waals surface area contributed by atoms with E-state index < -0.39 is 0 Å². The van der Waals surface area contributed by atoms with Gasteiger partial charge >= 0.3 is 0 Å². The zero-order valence-electron chi connectivity index (χ0n) is 9.61. The van der Waals surface area contributed by atoms with Crippen LogP contribution in [0.25, 0.3) is 0 Å². The molecular weight excluding hydrogens is 302 g/mol. The third-order valence-electron chi connectivity index (χ3n) is 2.37. The number of hydrogen-bond acceptors (Lipinski definition) is 4. The Hall–Kier alpha value is -1.01. The first-order chi connectivity index (χ1) is 8.13. The minimum absolute atomic E-state index is 0.0118. The third kappa shape index (κ3) is 2.47. The number of hydrogen-bond donors (Lipinski definition) is 0. The third-order valence-corrected chi connectivity index (χ3v) is 4.50. The Kier molecular flexibility index (Phi) is 3.73. The summed E-state index contributed by atoms with van der Waals surface area (Å²) >= 11 is 4.87. The maximum absolute atomic E-state index is 12.3. The Balaban J connectivity index is 2.33. The standard InChI is InChI=1S/C11H12BrN3OS/c1-3-4-15-8(6-13-14-15)10(16)9-5-7(2)11(12)17-9/h5-6H,3-4H2,1-2H3. The van der Waals surface area contributed by atoms with E-state index in [0.717, 1.165) is 15.8 Å². The molecule has 0 saturated heterocycles. The van der Waals surface area contributed by atoms with Crippen LogP contribution in [-0.2, 0) is 6.54 Å². The molecule has 0 N–H and O–H groups in total. The predicted octanol–water partition coefficient (Wildman–Crippen LogP) is 3.05. The first-order valence-corrected chi connectivity index (χ1v) is 6.93. The lowest BCUT2D eigenvalue weighted by Crippen LogP contribution is -2.10. The van der Waals surface area contributed by atoms with Gasteiger partial charge in [-0.1, -0.05) is 12.1 Å². The number of aryl methyl sites for hydroxylation is 2. The van der Waals surface area contributed by atoms with Gasteiger partial charge in [-0.3, -0.25) is 4.79 Å². The second kappa shape index (κ2) is 5.10. The maximum Gasteiger partial charge on any atom is 0.222 e. The summed E-state index contributed by atoms with van der Waals surface area (Å²) in [6.07, 6.45) is 2.46. The molecule has 90 valence electrons. The smallest absolute Gasteiger partial charge is 0.222 e. The van der Waals surface area contributed by atoms with Crippen LogP contribution < -0.4 is 0 Å². The van der Waals surface area contributed by atoms with Gasteiger partial charge in [-0.15, -0.1) is 16.4 Å². The molecule has 0 atom stereocenters. The Morgan fingerprint density at radius 1 is 1.59 bits per heavy atom. The molecule has 0 saturated carbocycles. The molecule has 4 nitrogen and oxygen atoms in total. The highest BCUT2D eigenvalue weighted by Crippen LogP contribution is 2.28. The van der Waals surface area contributed by atoms with Crippen molar-refractivity contribution < 1.29 is 4.79 Å². The van der Waals surface area contributed by atoms with Crippen LogP contribution in [0.4, 0.5) is 0 Å². The molecule has 2 aromatic rings. The van der Waals surface area contributed by atoms with Crippen molar-refractivity contribution in [2.75, 3.05) is 0 Å². The lowest BCUT2D eigenvalue weighted by atomic mass is 10.2. The molecule has 2 aromatic heterocycles. The molecule has 0 bridgehead atoms. The van der Waals surface area contributed by atoms with E-state index >= 15 is 0 Å². The van der Waals surface area contributed by atoms with Crippen LogP contribution >= 0.6 is 27.3 Å². The van der Waals surface area contributed by atoms with E-state index in [4.69, 9.17) is 0 Å². The highest BCUT2D eigenvalue weighted by molar-refractivity contribution is 9.11. The number of rotatable bonds is 4. The minimum atomic E-state index is -0.0118. The van der Waals surface area contributed by atoms with Crippen molar-refractivity contribution in [1.82, 2.24) is 15.0 Å². The van der Waals surface area contributed by atoms with Crippen LogP contribution in [-0.4, -0.2) is 20.8 Å². The summed E-state index contributed by atoms with van der Waals surface area (Å²) in [5, 5.41) is 7.72. The fourth-order valence-electron chi connectivity index (χ4n) is 1.51. The van der Waals surface area contributed by atoms with E-state index in [9.17, 15) is 4.79 Å². The minimum Gasteiger partial charge on any atom is -0.286 e. The van der Waals surface area contributed by atoms with Gasteiger partial charge in [0.15, 0.2) is 0 Å². The average molecular weight is 314 g/mol. The van der Waals surface area contributed by atoms with E-state index in [1.807, 2.05) is 19.9 Å². The molecule has 0 radical (unpaired) electrons. The van der Waals surface area contributed by atoms with Gasteiger partial charge in [-0.25, -0.2) is 4.68 Å². The van der Waals surface area contributed by atoms with Crippen LogP contribution in [0.1, 0.15) is 34.3 Å². The first-order valence-electron chi connectivity index (χ1n) is 5.32. The fraction of sp³-hybridized carbons (Fsp3) is 0.364. The predicted molar refractivity (Wildman–Crippen MR) is 70.5 cm³/mol. The van der Waals surface area contributed by atoms with Crippen molar-refractivity contribution in [1.29, 1.82) is 0 Å². The molecule has 0 unspecified atom stereocenters. The Morgan fingerprint density at radius 2 is 2.35 bits per heavy atom. The molecule has 0 spiro atoms. The molecule has 0 aliphatic rings. The zero-order chi connectivity index (χ0) is 12.4. The number of halogens is 1. The Labute approximate surface area is 112 Å². The van der Waals surface area contributed by atoms with Crippen molar-refractivity contribution in [3.63, 3.8) is 0 Å². The topological polar surface area (TPSA) is 47.8 Å². The summed E-state index contributed by atoms with van der Waals surface area (Å²) in [7, 11) is 0.